The molecule has 1 aliphatic rings. The Morgan fingerprint density at radius 1 is 1.21 bits per heavy atom. The highest BCUT2D eigenvalue weighted by Gasteiger charge is 2.31. The molecule has 6 heteroatoms. The second kappa shape index (κ2) is 6.93. The summed E-state index contributed by atoms with van der Waals surface area (Å²) in [4.78, 5) is 26.0. The Balaban J connectivity index is 1.59. The minimum Gasteiger partial charge on any atom is -0.333 e. The standard InChI is InChI=1S/C18H18ClN3O2/c1-12-7-8-13(9-16(12)19)20-18(24)21-14-10-17(23)22(11-14)15-5-3-2-4-6-15/h2-9,14H,10-11H2,1H3,(H2,20,21,24)/t14-/m1/s1. The Bertz CT molecular complexity index is 764. The van der Waals surface area contributed by atoms with Gasteiger partial charge in [0, 0.05) is 29.4 Å². The first-order chi connectivity index (χ1) is 11.5. The van der Waals surface area contributed by atoms with Crippen LogP contribution in [0.5, 0.6) is 0 Å². The van der Waals surface area contributed by atoms with E-state index in [9.17, 15) is 9.59 Å². The Kier molecular flexibility index (Phi) is 4.71. The fourth-order valence-electron chi connectivity index (χ4n) is 2.68. The first kappa shape index (κ1) is 16.3. The molecule has 0 radical (unpaired) electrons. The smallest absolute Gasteiger partial charge is 0.319 e. The number of aryl methyl sites for hydroxylation is 1. The predicted octanol–water partition coefficient (Wildman–Crippen LogP) is 3.58. The van der Waals surface area contributed by atoms with E-state index in [0.717, 1.165) is 11.3 Å². The molecule has 0 aromatic heterocycles. The Morgan fingerprint density at radius 3 is 2.67 bits per heavy atom. The number of carbonyl (C=O) groups is 2. The third kappa shape index (κ3) is 3.68. The predicted molar refractivity (Wildman–Crippen MR) is 95.5 cm³/mol. The van der Waals surface area contributed by atoms with Gasteiger partial charge in [0.1, 0.15) is 0 Å². The van der Waals surface area contributed by atoms with Gasteiger partial charge in [0.2, 0.25) is 5.91 Å². The fraction of sp³-hybridized carbons (Fsp3) is 0.222. The van der Waals surface area contributed by atoms with Gasteiger partial charge in [-0.15, -0.1) is 0 Å². The zero-order valence-corrected chi connectivity index (χ0v) is 14.0. The molecule has 1 fully saturated rings. The van der Waals surface area contributed by atoms with Gasteiger partial charge in [-0.2, -0.15) is 0 Å². The molecule has 1 heterocycles. The number of hydrogen-bond donors (Lipinski definition) is 2. The largest absolute Gasteiger partial charge is 0.333 e. The van der Waals surface area contributed by atoms with Crippen molar-refractivity contribution in [2.45, 2.75) is 19.4 Å². The number of urea groups is 1. The van der Waals surface area contributed by atoms with E-state index < -0.39 is 0 Å². The Labute approximate surface area is 145 Å². The van der Waals surface area contributed by atoms with Gasteiger partial charge < -0.3 is 15.5 Å². The average molecular weight is 344 g/mol. The molecule has 0 saturated carbocycles. The number of nitrogens with zero attached hydrogens (tertiary/aromatic N) is 1. The summed E-state index contributed by atoms with van der Waals surface area (Å²) in [5.41, 5.74) is 2.41. The molecule has 3 amide bonds. The first-order valence-electron chi connectivity index (χ1n) is 7.72. The number of amides is 3. The Hall–Kier alpha value is -2.53. The molecule has 3 rings (SSSR count). The third-order valence-electron chi connectivity index (χ3n) is 3.96. The van der Waals surface area contributed by atoms with Crippen LogP contribution in [-0.4, -0.2) is 24.5 Å². The van der Waals surface area contributed by atoms with Crippen LogP contribution in [0.25, 0.3) is 0 Å². The van der Waals surface area contributed by atoms with E-state index in [1.165, 1.54) is 0 Å². The number of carbonyl (C=O) groups excluding carboxylic acids is 2. The van der Waals surface area contributed by atoms with Gasteiger partial charge >= 0.3 is 6.03 Å². The van der Waals surface area contributed by atoms with E-state index in [1.807, 2.05) is 43.3 Å². The van der Waals surface area contributed by atoms with Crippen molar-refractivity contribution in [2.24, 2.45) is 0 Å². The molecule has 2 N–H and O–H groups in total. The average Bonchev–Trinajstić information content (AvgIpc) is 2.92. The van der Waals surface area contributed by atoms with E-state index in [2.05, 4.69) is 10.6 Å². The minimum atomic E-state index is -0.345. The molecular weight excluding hydrogens is 326 g/mol. The summed E-state index contributed by atoms with van der Waals surface area (Å²) >= 11 is 6.05. The molecule has 0 spiro atoms. The lowest BCUT2D eigenvalue weighted by Crippen LogP contribution is -2.39. The molecule has 0 bridgehead atoms. The highest BCUT2D eigenvalue weighted by Crippen LogP contribution is 2.22. The van der Waals surface area contributed by atoms with Crippen molar-refractivity contribution in [2.75, 3.05) is 16.8 Å². The zero-order valence-electron chi connectivity index (χ0n) is 13.3. The molecular formula is C18H18ClN3O2. The number of benzene rings is 2. The maximum Gasteiger partial charge on any atom is 0.319 e. The molecule has 1 atom stereocenters. The number of anilines is 2. The van der Waals surface area contributed by atoms with Gasteiger partial charge in [-0.25, -0.2) is 4.79 Å². The van der Waals surface area contributed by atoms with Crippen LogP contribution in [-0.2, 0) is 4.79 Å². The molecule has 2 aromatic carbocycles. The van der Waals surface area contributed by atoms with Gasteiger partial charge in [-0.05, 0) is 36.8 Å². The number of halogens is 1. The number of rotatable bonds is 3. The van der Waals surface area contributed by atoms with E-state index in [0.29, 0.717) is 17.3 Å². The highest BCUT2D eigenvalue weighted by molar-refractivity contribution is 6.31. The summed E-state index contributed by atoms with van der Waals surface area (Å²) in [7, 11) is 0. The van der Waals surface area contributed by atoms with Crippen LogP contribution in [0.2, 0.25) is 5.02 Å². The lowest BCUT2D eigenvalue weighted by atomic mass is 10.2. The van der Waals surface area contributed by atoms with Crippen LogP contribution < -0.4 is 15.5 Å². The molecule has 24 heavy (non-hydrogen) atoms. The SMILES string of the molecule is Cc1ccc(NC(=O)N[C@@H]2CC(=O)N(c3ccccc3)C2)cc1Cl. The summed E-state index contributed by atoms with van der Waals surface area (Å²) < 4.78 is 0. The monoisotopic (exact) mass is 343 g/mol. The van der Waals surface area contributed by atoms with Crippen LogP contribution in [0, 0.1) is 6.92 Å². The summed E-state index contributed by atoms with van der Waals surface area (Å²) in [6.07, 6.45) is 0.289. The van der Waals surface area contributed by atoms with Crippen molar-refractivity contribution in [1.29, 1.82) is 0 Å². The quantitative estimate of drug-likeness (QED) is 0.894. The molecule has 0 unspecified atom stereocenters. The maximum atomic E-state index is 12.1. The van der Waals surface area contributed by atoms with E-state index in [-0.39, 0.29) is 24.4 Å². The fourth-order valence-corrected chi connectivity index (χ4v) is 2.87. The van der Waals surface area contributed by atoms with Crippen LogP contribution >= 0.6 is 11.6 Å². The number of hydrogen-bond acceptors (Lipinski definition) is 2. The lowest BCUT2D eigenvalue weighted by Gasteiger charge is -2.17. The second-order valence-corrected chi connectivity index (χ2v) is 6.21. The minimum absolute atomic E-state index is 0.00452. The van der Waals surface area contributed by atoms with Crippen molar-refractivity contribution < 1.29 is 9.59 Å². The second-order valence-electron chi connectivity index (χ2n) is 5.80. The van der Waals surface area contributed by atoms with Gasteiger partial charge in [-0.1, -0.05) is 35.9 Å². The van der Waals surface area contributed by atoms with Crippen molar-refractivity contribution in [3.63, 3.8) is 0 Å². The lowest BCUT2D eigenvalue weighted by molar-refractivity contribution is -0.117. The van der Waals surface area contributed by atoms with Crippen LogP contribution in [0.4, 0.5) is 16.2 Å². The van der Waals surface area contributed by atoms with E-state index in [1.54, 1.807) is 17.0 Å². The maximum absolute atomic E-state index is 12.1. The molecule has 1 aliphatic heterocycles. The topological polar surface area (TPSA) is 61.4 Å². The molecule has 1 saturated heterocycles. The summed E-state index contributed by atoms with van der Waals surface area (Å²) in [5.74, 6) is 0.00452. The zero-order chi connectivity index (χ0) is 17.1. The van der Waals surface area contributed by atoms with Gasteiger partial charge in [-0.3, -0.25) is 4.79 Å². The van der Waals surface area contributed by atoms with Gasteiger partial charge in [0.05, 0.1) is 6.04 Å². The number of nitrogens with one attached hydrogen (secondary N) is 2. The normalized spacial score (nSPS) is 17.0. The van der Waals surface area contributed by atoms with Crippen LogP contribution in [0.3, 0.4) is 0 Å². The van der Waals surface area contributed by atoms with E-state index >= 15 is 0 Å². The van der Waals surface area contributed by atoms with Crippen LogP contribution in [0.1, 0.15) is 12.0 Å². The summed E-state index contributed by atoms with van der Waals surface area (Å²) in [6.45, 7) is 2.36. The van der Waals surface area contributed by atoms with Crippen LogP contribution in [0.15, 0.2) is 48.5 Å². The molecule has 124 valence electrons. The highest BCUT2D eigenvalue weighted by atomic mass is 35.5. The summed E-state index contributed by atoms with van der Waals surface area (Å²) in [6, 6.07) is 14.2. The van der Waals surface area contributed by atoms with E-state index in [4.69, 9.17) is 11.6 Å². The Morgan fingerprint density at radius 2 is 1.96 bits per heavy atom. The first-order valence-corrected chi connectivity index (χ1v) is 8.10. The molecule has 0 aliphatic carbocycles. The van der Waals surface area contributed by atoms with Crippen molar-refractivity contribution in [1.82, 2.24) is 5.32 Å². The van der Waals surface area contributed by atoms with Crippen molar-refractivity contribution in [3.8, 4) is 0 Å². The number of para-hydroxylation sites is 1. The van der Waals surface area contributed by atoms with Crippen molar-refractivity contribution in [3.05, 3.63) is 59.1 Å². The van der Waals surface area contributed by atoms with Gasteiger partial charge in [0.15, 0.2) is 0 Å². The molecule has 2 aromatic rings. The third-order valence-corrected chi connectivity index (χ3v) is 4.37. The van der Waals surface area contributed by atoms with Gasteiger partial charge in [0.25, 0.3) is 0 Å². The van der Waals surface area contributed by atoms with Crippen molar-refractivity contribution >= 4 is 34.9 Å². The summed E-state index contributed by atoms with van der Waals surface area (Å²) in [5, 5.41) is 6.17. The molecule has 5 nitrogen and oxygen atoms in total.